The molecule has 1 N–H and O–H groups in total. The summed E-state index contributed by atoms with van der Waals surface area (Å²) in [6.07, 6.45) is 5.86. The number of aliphatic hydroxyl groups excluding tert-OH is 1. The third-order valence-electron chi connectivity index (χ3n) is 2.30. The van der Waals surface area contributed by atoms with E-state index in [1.165, 1.54) is 6.20 Å². The zero-order valence-corrected chi connectivity index (χ0v) is 9.43. The van der Waals surface area contributed by atoms with E-state index in [1.807, 2.05) is 18.0 Å². The first kappa shape index (κ1) is 12.4. The van der Waals surface area contributed by atoms with Crippen molar-refractivity contribution in [3.8, 4) is 6.07 Å². The highest BCUT2D eigenvalue weighted by molar-refractivity contribution is 5.48. The van der Waals surface area contributed by atoms with Crippen molar-refractivity contribution < 1.29 is 5.11 Å². The highest BCUT2D eigenvalue weighted by Gasteiger charge is 2.08. The van der Waals surface area contributed by atoms with E-state index in [9.17, 15) is 0 Å². The van der Waals surface area contributed by atoms with E-state index in [4.69, 9.17) is 10.4 Å². The Bertz CT molecular complexity index is 361. The average Bonchev–Trinajstić information content (AvgIpc) is 2.34. The maximum absolute atomic E-state index is 8.86. The van der Waals surface area contributed by atoms with Crippen molar-refractivity contribution in [1.82, 2.24) is 9.97 Å². The zero-order chi connectivity index (χ0) is 11.8. The highest BCUT2D eigenvalue weighted by Crippen LogP contribution is 2.12. The lowest BCUT2D eigenvalue weighted by Crippen LogP contribution is -2.21. The van der Waals surface area contributed by atoms with Crippen LogP contribution in [0.1, 0.15) is 25.0 Å². The van der Waals surface area contributed by atoms with Crippen LogP contribution in [-0.2, 0) is 0 Å². The van der Waals surface area contributed by atoms with Crippen LogP contribution in [0.2, 0.25) is 0 Å². The van der Waals surface area contributed by atoms with Crippen LogP contribution < -0.4 is 4.90 Å². The van der Waals surface area contributed by atoms with Crippen molar-refractivity contribution >= 4 is 5.82 Å². The molecule has 1 heterocycles. The molecule has 0 bridgehead atoms. The number of nitriles is 1. The molecule has 0 fully saturated rings. The van der Waals surface area contributed by atoms with Gasteiger partial charge in [0.05, 0.1) is 0 Å². The standard InChI is InChI=1S/C11H16N4O/c1-15(7-3-2-4-8-16)11-10(9-12)13-5-6-14-11/h5-6,16H,2-4,7-8H2,1H3. The number of hydrogen-bond acceptors (Lipinski definition) is 5. The molecule has 0 aromatic carbocycles. The molecule has 0 aliphatic rings. The van der Waals surface area contributed by atoms with Crippen molar-refractivity contribution in [2.45, 2.75) is 19.3 Å². The van der Waals surface area contributed by atoms with Gasteiger partial charge in [-0.25, -0.2) is 9.97 Å². The number of anilines is 1. The predicted molar refractivity (Wildman–Crippen MR) is 61.0 cm³/mol. The summed E-state index contributed by atoms with van der Waals surface area (Å²) >= 11 is 0. The molecule has 0 aliphatic heterocycles. The van der Waals surface area contributed by atoms with E-state index < -0.39 is 0 Å². The van der Waals surface area contributed by atoms with Gasteiger partial charge in [-0.2, -0.15) is 5.26 Å². The summed E-state index contributed by atoms with van der Waals surface area (Å²) in [5, 5.41) is 17.5. The van der Waals surface area contributed by atoms with Crippen LogP contribution in [0, 0.1) is 11.3 Å². The SMILES string of the molecule is CN(CCCCCO)c1nccnc1C#N. The molecule has 0 aliphatic carbocycles. The van der Waals surface area contributed by atoms with Crippen LogP contribution >= 0.6 is 0 Å². The minimum absolute atomic E-state index is 0.234. The van der Waals surface area contributed by atoms with Crippen molar-refractivity contribution in [1.29, 1.82) is 5.26 Å². The Labute approximate surface area is 95.4 Å². The first-order chi connectivity index (χ1) is 7.79. The van der Waals surface area contributed by atoms with Crippen LogP contribution in [0.5, 0.6) is 0 Å². The normalized spacial score (nSPS) is 9.81. The lowest BCUT2D eigenvalue weighted by molar-refractivity contribution is 0.283. The Morgan fingerprint density at radius 1 is 1.31 bits per heavy atom. The molecule has 5 heteroatoms. The second-order valence-electron chi connectivity index (χ2n) is 3.55. The fourth-order valence-corrected chi connectivity index (χ4v) is 1.43. The van der Waals surface area contributed by atoms with Gasteiger partial charge in [0.25, 0.3) is 0 Å². The van der Waals surface area contributed by atoms with Gasteiger partial charge >= 0.3 is 0 Å². The van der Waals surface area contributed by atoms with Gasteiger partial charge in [-0.1, -0.05) is 0 Å². The van der Waals surface area contributed by atoms with Crippen molar-refractivity contribution in [3.05, 3.63) is 18.1 Å². The van der Waals surface area contributed by atoms with Crippen LogP contribution in [0.25, 0.3) is 0 Å². The van der Waals surface area contributed by atoms with E-state index in [1.54, 1.807) is 6.20 Å². The van der Waals surface area contributed by atoms with Crippen molar-refractivity contribution in [2.75, 3.05) is 25.1 Å². The summed E-state index contributed by atoms with van der Waals surface area (Å²) in [6, 6.07) is 2.02. The fourth-order valence-electron chi connectivity index (χ4n) is 1.43. The van der Waals surface area contributed by atoms with E-state index in [-0.39, 0.29) is 6.61 Å². The molecule has 0 unspecified atom stereocenters. The number of nitrogens with zero attached hydrogens (tertiary/aromatic N) is 4. The van der Waals surface area contributed by atoms with Gasteiger partial charge in [-0.05, 0) is 19.3 Å². The minimum Gasteiger partial charge on any atom is -0.396 e. The maximum atomic E-state index is 8.86. The number of aliphatic hydroxyl groups is 1. The summed E-state index contributed by atoms with van der Waals surface area (Å²) in [5.74, 6) is 0.619. The van der Waals surface area contributed by atoms with Gasteiger partial charge in [0.15, 0.2) is 11.5 Å². The lowest BCUT2D eigenvalue weighted by Gasteiger charge is -2.18. The van der Waals surface area contributed by atoms with Crippen LogP contribution in [-0.4, -0.2) is 35.3 Å². The van der Waals surface area contributed by atoms with Gasteiger partial charge in [-0.15, -0.1) is 0 Å². The molecule has 0 saturated carbocycles. The summed E-state index contributed by atoms with van der Waals surface area (Å²) in [4.78, 5) is 10.0. The second kappa shape index (κ2) is 6.75. The lowest BCUT2D eigenvalue weighted by atomic mass is 10.2. The Morgan fingerprint density at radius 2 is 2.06 bits per heavy atom. The summed E-state index contributed by atoms with van der Waals surface area (Å²) in [5.41, 5.74) is 0.354. The highest BCUT2D eigenvalue weighted by atomic mass is 16.2. The Balaban J connectivity index is 2.52. The van der Waals surface area contributed by atoms with E-state index in [0.29, 0.717) is 11.5 Å². The first-order valence-electron chi connectivity index (χ1n) is 5.32. The Kier molecular flexibility index (Phi) is 5.23. The molecular weight excluding hydrogens is 204 g/mol. The molecule has 1 aromatic heterocycles. The molecule has 0 amide bonds. The number of aromatic nitrogens is 2. The molecule has 0 spiro atoms. The van der Waals surface area contributed by atoms with E-state index in [2.05, 4.69) is 9.97 Å². The second-order valence-corrected chi connectivity index (χ2v) is 3.55. The molecule has 0 radical (unpaired) electrons. The molecule has 16 heavy (non-hydrogen) atoms. The molecule has 1 rings (SSSR count). The smallest absolute Gasteiger partial charge is 0.183 e. The van der Waals surface area contributed by atoms with E-state index in [0.717, 1.165) is 25.8 Å². The van der Waals surface area contributed by atoms with Gasteiger partial charge in [0.2, 0.25) is 0 Å². The molecule has 0 atom stereocenters. The van der Waals surface area contributed by atoms with Gasteiger partial charge in [-0.3, -0.25) is 0 Å². The summed E-state index contributed by atoms with van der Waals surface area (Å²) in [7, 11) is 1.89. The number of unbranched alkanes of at least 4 members (excludes halogenated alkanes) is 2. The summed E-state index contributed by atoms with van der Waals surface area (Å²) < 4.78 is 0. The van der Waals surface area contributed by atoms with Crippen LogP contribution in [0.4, 0.5) is 5.82 Å². The van der Waals surface area contributed by atoms with Crippen molar-refractivity contribution in [2.24, 2.45) is 0 Å². The topological polar surface area (TPSA) is 73.0 Å². The number of hydrogen-bond donors (Lipinski definition) is 1. The van der Waals surface area contributed by atoms with Gasteiger partial charge in [0, 0.05) is 32.6 Å². The molecule has 5 nitrogen and oxygen atoms in total. The molecule has 86 valence electrons. The fraction of sp³-hybridized carbons (Fsp3) is 0.545. The Morgan fingerprint density at radius 3 is 2.75 bits per heavy atom. The van der Waals surface area contributed by atoms with Crippen molar-refractivity contribution in [3.63, 3.8) is 0 Å². The monoisotopic (exact) mass is 220 g/mol. The minimum atomic E-state index is 0.234. The van der Waals surface area contributed by atoms with Crippen LogP contribution in [0.15, 0.2) is 12.4 Å². The predicted octanol–water partition coefficient (Wildman–Crippen LogP) is 0.947. The maximum Gasteiger partial charge on any atom is 0.183 e. The average molecular weight is 220 g/mol. The molecule has 0 saturated heterocycles. The van der Waals surface area contributed by atoms with Gasteiger partial charge < -0.3 is 10.0 Å². The third-order valence-corrected chi connectivity index (χ3v) is 2.30. The number of rotatable bonds is 6. The van der Waals surface area contributed by atoms with Gasteiger partial charge in [0.1, 0.15) is 6.07 Å². The largest absolute Gasteiger partial charge is 0.396 e. The molecular formula is C11H16N4O. The van der Waals surface area contributed by atoms with Crippen LogP contribution in [0.3, 0.4) is 0 Å². The quantitative estimate of drug-likeness (QED) is 0.722. The van der Waals surface area contributed by atoms with E-state index >= 15 is 0 Å². The molecule has 1 aromatic rings. The third kappa shape index (κ3) is 3.48. The summed E-state index contributed by atoms with van der Waals surface area (Å²) in [6.45, 7) is 1.05. The first-order valence-corrected chi connectivity index (χ1v) is 5.32. The Hall–Kier alpha value is -1.67. The zero-order valence-electron chi connectivity index (χ0n) is 9.43.